The molecule has 170 valence electrons. The molecule has 0 saturated carbocycles. The van der Waals surface area contributed by atoms with Gasteiger partial charge >= 0.3 is 12.4 Å². The molecule has 0 spiro atoms. The van der Waals surface area contributed by atoms with Crippen molar-refractivity contribution in [2.45, 2.75) is 31.2 Å². The summed E-state index contributed by atoms with van der Waals surface area (Å²) in [6.07, 6.45) is -2.94. The second-order valence-corrected chi connectivity index (χ2v) is 7.50. The van der Waals surface area contributed by atoms with Gasteiger partial charge in [-0.25, -0.2) is 9.18 Å². The summed E-state index contributed by atoms with van der Waals surface area (Å²) < 4.78 is 61.6. The maximum absolute atomic E-state index is 14.6. The minimum absolute atomic E-state index is 0.0594. The second kappa shape index (κ2) is 8.29. The molecule has 3 heterocycles. The first kappa shape index (κ1) is 21.8. The molecule has 1 aromatic carbocycles. The number of fused-ring (bicyclic) bond motifs is 1. The van der Waals surface area contributed by atoms with Crippen LogP contribution in [-0.4, -0.2) is 47.8 Å². The summed E-state index contributed by atoms with van der Waals surface area (Å²) in [7, 11) is 0. The van der Waals surface area contributed by atoms with E-state index in [0.717, 1.165) is 12.1 Å². The Balaban J connectivity index is 1.74. The van der Waals surface area contributed by atoms with E-state index in [1.807, 2.05) is 0 Å². The highest BCUT2D eigenvalue weighted by Crippen LogP contribution is 2.42. The highest BCUT2D eigenvalue weighted by atomic mass is 19.4. The van der Waals surface area contributed by atoms with Crippen molar-refractivity contribution < 1.29 is 36.6 Å². The van der Waals surface area contributed by atoms with Gasteiger partial charge in [0.1, 0.15) is 22.8 Å². The summed E-state index contributed by atoms with van der Waals surface area (Å²) in [6.45, 7) is 0.623. The third-order valence-electron chi connectivity index (χ3n) is 5.49. The lowest BCUT2D eigenvalue weighted by Gasteiger charge is -2.40. The minimum Gasteiger partial charge on any atom is -0.491 e. The molecule has 2 amide bonds. The van der Waals surface area contributed by atoms with Gasteiger partial charge < -0.3 is 19.7 Å². The van der Waals surface area contributed by atoms with Crippen molar-refractivity contribution in [1.29, 1.82) is 0 Å². The zero-order valence-corrected chi connectivity index (χ0v) is 16.7. The second-order valence-electron chi connectivity index (χ2n) is 7.50. The number of nitrogens with zero attached hydrogens (tertiary/aromatic N) is 2. The number of alkyl halides is 3. The van der Waals surface area contributed by atoms with Crippen molar-refractivity contribution >= 4 is 11.8 Å². The summed E-state index contributed by atoms with van der Waals surface area (Å²) in [5.41, 5.74) is -0.865. The predicted octanol–water partition coefficient (Wildman–Crippen LogP) is 3.52. The van der Waals surface area contributed by atoms with Crippen molar-refractivity contribution in [3.8, 4) is 11.5 Å². The molecule has 32 heavy (non-hydrogen) atoms. The van der Waals surface area contributed by atoms with Crippen LogP contribution >= 0.6 is 0 Å². The molecule has 1 aromatic heterocycles. The van der Waals surface area contributed by atoms with Gasteiger partial charge in [0.2, 0.25) is 0 Å². The van der Waals surface area contributed by atoms with Gasteiger partial charge in [-0.1, -0.05) is 6.07 Å². The van der Waals surface area contributed by atoms with Crippen LogP contribution in [0.15, 0.2) is 36.5 Å². The molecular formula is C21H19F4N3O4. The van der Waals surface area contributed by atoms with Gasteiger partial charge in [0.15, 0.2) is 11.6 Å². The maximum Gasteiger partial charge on any atom is 0.573 e. The summed E-state index contributed by atoms with van der Waals surface area (Å²) in [4.78, 5) is 30.4. The first-order chi connectivity index (χ1) is 15.2. The van der Waals surface area contributed by atoms with E-state index in [4.69, 9.17) is 4.74 Å². The number of nitrogens with one attached hydrogen (secondary N) is 1. The number of hydrogen-bond donors (Lipinski definition) is 1. The van der Waals surface area contributed by atoms with Crippen LogP contribution < -0.4 is 14.8 Å². The number of hydrogen-bond acceptors (Lipinski definition) is 5. The zero-order valence-electron chi connectivity index (χ0n) is 16.7. The molecule has 7 nitrogen and oxygen atoms in total. The smallest absolute Gasteiger partial charge is 0.491 e. The molecule has 1 fully saturated rings. The molecule has 2 aliphatic rings. The Labute approximate surface area is 180 Å². The Morgan fingerprint density at radius 2 is 1.97 bits per heavy atom. The van der Waals surface area contributed by atoms with Gasteiger partial charge in [-0.2, -0.15) is 0 Å². The van der Waals surface area contributed by atoms with Crippen molar-refractivity contribution in [1.82, 2.24) is 15.2 Å². The molecular weight excluding hydrogens is 434 g/mol. The largest absolute Gasteiger partial charge is 0.573 e. The number of likely N-dealkylation sites (tertiary alicyclic amines) is 1. The number of rotatable bonds is 3. The molecule has 1 saturated heterocycles. The third-order valence-corrected chi connectivity index (χ3v) is 5.49. The number of urea groups is 1. The first-order valence-electron chi connectivity index (χ1n) is 9.91. The number of aromatic nitrogens is 1. The van der Waals surface area contributed by atoms with Gasteiger partial charge in [0.05, 0.1) is 6.61 Å². The van der Waals surface area contributed by atoms with Crippen LogP contribution in [0.1, 0.15) is 30.5 Å². The zero-order chi connectivity index (χ0) is 22.9. The Kier molecular flexibility index (Phi) is 5.66. The fourth-order valence-corrected chi connectivity index (χ4v) is 3.93. The van der Waals surface area contributed by atoms with E-state index in [2.05, 4.69) is 15.0 Å². The minimum atomic E-state index is -5.05. The third kappa shape index (κ3) is 4.32. The van der Waals surface area contributed by atoms with Gasteiger partial charge in [-0.3, -0.25) is 9.78 Å². The number of amides is 2. The van der Waals surface area contributed by atoms with E-state index in [9.17, 15) is 27.2 Å². The van der Waals surface area contributed by atoms with Crippen molar-refractivity contribution in [2.75, 3.05) is 19.7 Å². The molecule has 1 N–H and O–H groups in total. The molecule has 0 bridgehead atoms. The monoisotopic (exact) mass is 453 g/mol. The number of pyridine rings is 1. The quantitative estimate of drug-likeness (QED) is 0.720. The van der Waals surface area contributed by atoms with Crippen molar-refractivity contribution in [3.63, 3.8) is 0 Å². The molecule has 2 aromatic rings. The Morgan fingerprint density at radius 1 is 1.22 bits per heavy atom. The lowest BCUT2D eigenvalue weighted by molar-refractivity contribution is -0.275. The van der Waals surface area contributed by atoms with Crippen molar-refractivity contribution in [3.05, 3.63) is 53.6 Å². The normalized spacial score (nSPS) is 20.9. The Bertz CT molecular complexity index is 1040. The van der Waals surface area contributed by atoms with E-state index in [1.165, 1.54) is 17.2 Å². The molecule has 1 atom stereocenters. The van der Waals surface area contributed by atoms with Crippen LogP contribution in [0.3, 0.4) is 0 Å². The first-order valence-corrected chi connectivity index (χ1v) is 9.91. The summed E-state index contributed by atoms with van der Waals surface area (Å²) in [5.74, 6) is -1.79. The maximum atomic E-state index is 14.6. The lowest BCUT2D eigenvalue weighted by atomic mass is 9.81. The SMILES string of the molecule is O=C1CCN(C(=O)N[C@]2(c3ccc(OC(F)(F)F)c(F)c3)CCOc3cccnc32)CC1. The topological polar surface area (TPSA) is 80.8 Å². The number of carbonyl (C=O) groups excluding carboxylic acids is 2. The molecule has 0 radical (unpaired) electrons. The number of ether oxygens (including phenoxy) is 2. The summed E-state index contributed by atoms with van der Waals surface area (Å²) >= 11 is 0. The van der Waals surface area contributed by atoms with Gasteiger partial charge in [-0.05, 0) is 29.8 Å². The van der Waals surface area contributed by atoms with E-state index in [0.29, 0.717) is 11.4 Å². The lowest BCUT2D eigenvalue weighted by Crippen LogP contribution is -2.55. The van der Waals surface area contributed by atoms with E-state index >= 15 is 0 Å². The average Bonchev–Trinajstić information content (AvgIpc) is 2.75. The Morgan fingerprint density at radius 3 is 2.66 bits per heavy atom. The van der Waals surface area contributed by atoms with E-state index in [-0.39, 0.29) is 50.3 Å². The molecule has 4 rings (SSSR count). The number of piperidine rings is 1. The molecule has 0 aliphatic carbocycles. The van der Waals surface area contributed by atoms with Crippen LogP contribution in [0, 0.1) is 5.82 Å². The van der Waals surface area contributed by atoms with Crippen LogP contribution in [0.2, 0.25) is 0 Å². The molecule has 0 unspecified atom stereocenters. The van der Waals surface area contributed by atoms with Crippen LogP contribution in [0.25, 0.3) is 0 Å². The molecule has 11 heteroatoms. The van der Waals surface area contributed by atoms with Crippen molar-refractivity contribution in [2.24, 2.45) is 0 Å². The number of ketones is 1. The van der Waals surface area contributed by atoms with Crippen LogP contribution in [0.5, 0.6) is 11.5 Å². The number of halogens is 4. The van der Waals surface area contributed by atoms with Crippen LogP contribution in [0.4, 0.5) is 22.4 Å². The summed E-state index contributed by atoms with van der Waals surface area (Å²) in [5, 5.41) is 2.89. The van der Waals surface area contributed by atoms with Gasteiger partial charge in [0, 0.05) is 38.5 Å². The highest BCUT2D eigenvalue weighted by molar-refractivity contribution is 5.83. The molecule has 2 aliphatic heterocycles. The summed E-state index contributed by atoms with van der Waals surface area (Å²) in [6, 6.07) is 5.79. The fourth-order valence-electron chi connectivity index (χ4n) is 3.93. The van der Waals surface area contributed by atoms with Gasteiger partial charge in [0.25, 0.3) is 0 Å². The number of Topliss-reactive ketones (excluding diaryl/α,β-unsaturated/α-hetero) is 1. The standard InChI is InChI=1S/C21H19F4N3O4/c22-15-12-13(3-4-16(15)32-21(23,24)25)20(7-11-31-17-2-1-8-26-18(17)20)27-19(30)28-9-5-14(29)6-10-28/h1-4,8,12H,5-7,9-11H2,(H,27,30)/t20-/m0/s1. The Hall–Kier alpha value is -3.37. The van der Waals surface area contributed by atoms with Crippen LogP contribution in [-0.2, 0) is 10.3 Å². The van der Waals surface area contributed by atoms with E-state index in [1.54, 1.807) is 12.1 Å². The van der Waals surface area contributed by atoms with Gasteiger partial charge in [-0.15, -0.1) is 13.2 Å². The number of carbonyl (C=O) groups is 2. The number of benzene rings is 1. The fraction of sp³-hybridized carbons (Fsp3) is 0.381. The van der Waals surface area contributed by atoms with E-state index < -0.39 is 29.5 Å². The highest BCUT2D eigenvalue weighted by Gasteiger charge is 2.44. The predicted molar refractivity (Wildman–Crippen MR) is 103 cm³/mol. The average molecular weight is 453 g/mol.